The van der Waals surface area contributed by atoms with Crippen molar-refractivity contribution >= 4 is 16.1 Å². The Kier molecular flexibility index (Phi) is 8.87. The third-order valence-corrected chi connectivity index (χ3v) is 4.08. The van der Waals surface area contributed by atoms with Crippen LogP contribution in [0.4, 0.5) is 0 Å². The topological polar surface area (TPSA) is 113 Å². The molecular formula is C19H31NO6S. The summed E-state index contributed by atoms with van der Waals surface area (Å²) >= 11 is 0. The molecule has 1 aromatic carbocycles. The molecule has 0 saturated carbocycles. The van der Waals surface area contributed by atoms with E-state index in [2.05, 4.69) is 44.3 Å². The molecule has 0 spiro atoms. The second-order valence-electron chi connectivity index (χ2n) is 8.01. The number of fused-ring (bicyclic) bond motifs is 1. The Bertz CT molecular complexity index is 716. The number of carboxylic acid groups (broad SMARTS) is 1. The quantitative estimate of drug-likeness (QED) is 0.628. The zero-order chi connectivity index (χ0) is 20.7. The van der Waals surface area contributed by atoms with Crippen molar-refractivity contribution in [3.63, 3.8) is 0 Å². The van der Waals surface area contributed by atoms with Crippen LogP contribution in [0.5, 0.6) is 0 Å². The van der Waals surface area contributed by atoms with Crippen molar-refractivity contribution in [1.82, 2.24) is 5.32 Å². The van der Waals surface area contributed by atoms with Crippen LogP contribution in [0.25, 0.3) is 0 Å². The van der Waals surface area contributed by atoms with Gasteiger partial charge in [-0.25, -0.2) is 0 Å². The average Bonchev–Trinajstić information content (AvgIpc) is 2.51. The zero-order valence-corrected chi connectivity index (χ0v) is 17.3. The molecule has 3 N–H and O–H groups in total. The molecule has 0 unspecified atom stereocenters. The second kappa shape index (κ2) is 10.2. The maximum absolute atomic E-state index is 11.4. The van der Waals surface area contributed by atoms with Crippen molar-refractivity contribution < 1.29 is 27.6 Å². The molecule has 0 aliphatic carbocycles. The van der Waals surface area contributed by atoms with Crippen molar-refractivity contribution in [1.29, 1.82) is 0 Å². The predicted molar refractivity (Wildman–Crippen MR) is 104 cm³/mol. The molecule has 0 aromatic heterocycles. The van der Waals surface area contributed by atoms with Crippen molar-refractivity contribution in [2.75, 3.05) is 12.9 Å². The highest BCUT2D eigenvalue weighted by Crippen LogP contribution is 2.22. The van der Waals surface area contributed by atoms with Crippen LogP contribution in [0.1, 0.15) is 50.3 Å². The van der Waals surface area contributed by atoms with Gasteiger partial charge in [0.1, 0.15) is 6.04 Å². The van der Waals surface area contributed by atoms with Gasteiger partial charge < -0.3 is 15.2 Å². The van der Waals surface area contributed by atoms with Gasteiger partial charge in [-0.1, -0.05) is 39.0 Å². The highest BCUT2D eigenvalue weighted by Gasteiger charge is 2.20. The smallest absolute Gasteiger partial charge is 0.320 e. The van der Waals surface area contributed by atoms with Crippen molar-refractivity contribution in [3.8, 4) is 0 Å². The lowest BCUT2D eigenvalue weighted by molar-refractivity contribution is -0.139. The van der Waals surface area contributed by atoms with Crippen molar-refractivity contribution in [2.45, 2.75) is 59.2 Å². The number of carboxylic acids is 1. The summed E-state index contributed by atoms with van der Waals surface area (Å²) < 4.78 is 31.3. The number of hydrogen-bond acceptors (Lipinski definition) is 5. The first-order chi connectivity index (χ1) is 12.3. The van der Waals surface area contributed by atoms with Gasteiger partial charge in [-0.05, 0) is 41.4 Å². The lowest BCUT2D eigenvalue weighted by Gasteiger charge is -2.22. The molecule has 1 aliphatic rings. The maximum Gasteiger partial charge on any atom is 0.320 e. The van der Waals surface area contributed by atoms with Gasteiger partial charge in [0.15, 0.2) is 0 Å². The molecule has 1 heterocycles. The molecule has 0 saturated heterocycles. The van der Waals surface area contributed by atoms with E-state index in [1.54, 1.807) is 0 Å². The summed E-state index contributed by atoms with van der Waals surface area (Å²) in [6, 6.07) is 5.86. The average molecular weight is 402 g/mol. The van der Waals surface area contributed by atoms with Crippen LogP contribution in [0, 0.1) is 5.41 Å². The first-order valence-electron chi connectivity index (χ1n) is 8.92. The number of hydrogen-bond donors (Lipinski definition) is 3. The fraction of sp³-hybridized carbons (Fsp3) is 0.632. The van der Waals surface area contributed by atoms with E-state index in [-0.39, 0.29) is 5.41 Å². The highest BCUT2D eigenvalue weighted by atomic mass is 32.2. The number of nitrogens with one attached hydrogen (secondary N) is 1. The van der Waals surface area contributed by atoms with E-state index in [4.69, 9.17) is 9.29 Å². The molecule has 8 heteroatoms. The minimum absolute atomic E-state index is 0.151. The van der Waals surface area contributed by atoms with Gasteiger partial charge >= 0.3 is 5.97 Å². The first-order valence-corrected chi connectivity index (χ1v) is 10.8. The Morgan fingerprint density at radius 1 is 1.30 bits per heavy atom. The third-order valence-electron chi connectivity index (χ3n) is 4.08. The van der Waals surface area contributed by atoms with Crippen molar-refractivity contribution in [3.05, 3.63) is 34.9 Å². The summed E-state index contributed by atoms with van der Waals surface area (Å²) in [6.07, 6.45) is 3.21. The van der Waals surface area contributed by atoms with E-state index in [0.29, 0.717) is 25.8 Å². The molecule has 0 bridgehead atoms. The number of ether oxygens (including phenoxy) is 1. The summed E-state index contributed by atoms with van der Waals surface area (Å²) in [4.78, 5) is 11.4. The lowest BCUT2D eigenvalue weighted by atomic mass is 9.88. The molecule has 7 nitrogen and oxygen atoms in total. The Morgan fingerprint density at radius 2 is 1.93 bits per heavy atom. The van der Waals surface area contributed by atoms with Crippen LogP contribution >= 0.6 is 0 Å². The molecule has 27 heavy (non-hydrogen) atoms. The number of aliphatic carboxylic acids is 1. The lowest BCUT2D eigenvalue weighted by Crippen LogP contribution is -2.37. The van der Waals surface area contributed by atoms with E-state index in [1.807, 2.05) is 0 Å². The van der Waals surface area contributed by atoms with Gasteiger partial charge in [0.2, 0.25) is 0 Å². The van der Waals surface area contributed by atoms with Gasteiger partial charge in [-0.3, -0.25) is 9.35 Å². The summed E-state index contributed by atoms with van der Waals surface area (Å²) in [7, 11) is -3.67. The molecule has 0 radical (unpaired) electrons. The van der Waals surface area contributed by atoms with Gasteiger partial charge in [0.05, 0.1) is 19.5 Å². The minimum Gasteiger partial charge on any atom is -0.480 e. The minimum atomic E-state index is -3.67. The first kappa shape index (κ1) is 23.6. The monoisotopic (exact) mass is 401 g/mol. The normalized spacial score (nSPS) is 15.3. The van der Waals surface area contributed by atoms with E-state index >= 15 is 0 Å². The van der Waals surface area contributed by atoms with Crippen LogP contribution in [-0.2, 0) is 39.2 Å². The van der Waals surface area contributed by atoms with Crippen LogP contribution in [-0.4, -0.2) is 43.0 Å². The molecular weight excluding hydrogens is 370 g/mol. The Morgan fingerprint density at radius 3 is 2.48 bits per heavy atom. The van der Waals surface area contributed by atoms with E-state index in [1.165, 1.54) is 11.1 Å². The maximum atomic E-state index is 11.4. The summed E-state index contributed by atoms with van der Waals surface area (Å²) in [6.45, 7) is 8.43. The van der Waals surface area contributed by atoms with Crippen LogP contribution in [0.2, 0.25) is 0 Å². The number of carbonyl (C=O) groups is 1. The molecule has 1 atom stereocenters. The molecule has 154 valence electrons. The van der Waals surface area contributed by atoms with E-state index in [0.717, 1.165) is 25.0 Å². The number of rotatable bonds is 6. The van der Waals surface area contributed by atoms with Crippen LogP contribution in [0.15, 0.2) is 18.2 Å². The Balaban J connectivity index is 0.000000646. The molecule has 0 fully saturated rings. The Hall–Kier alpha value is -1.48. The third kappa shape index (κ3) is 11.1. The van der Waals surface area contributed by atoms with Gasteiger partial charge in [0.25, 0.3) is 10.1 Å². The molecule has 1 aromatic rings. The van der Waals surface area contributed by atoms with E-state index in [9.17, 15) is 18.3 Å². The largest absolute Gasteiger partial charge is 0.480 e. The fourth-order valence-electron chi connectivity index (χ4n) is 2.66. The zero-order valence-electron chi connectivity index (χ0n) is 16.5. The fourth-order valence-corrected chi connectivity index (χ4v) is 2.66. The van der Waals surface area contributed by atoms with Crippen LogP contribution in [0.3, 0.4) is 0 Å². The summed E-state index contributed by atoms with van der Waals surface area (Å²) in [5.41, 5.74) is 3.84. The second-order valence-corrected chi connectivity index (χ2v) is 9.48. The standard InChI is InChI=1S/C18H27NO3.CH4O3S/c1-18(2,3)8-6-16(17(20)21)19-11-13-4-5-14-7-9-22-12-15(14)10-13;1-5(2,3)4/h4-5,10,16,19H,6-9,11-12H2,1-3H3,(H,20,21);1H3,(H,2,3,4)/t16-;/m0./s1. The highest BCUT2D eigenvalue weighted by molar-refractivity contribution is 7.85. The van der Waals surface area contributed by atoms with E-state index < -0.39 is 22.1 Å². The number of benzene rings is 1. The summed E-state index contributed by atoms with van der Waals surface area (Å²) in [5, 5.41) is 12.5. The molecule has 1 aliphatic heterocycles. The van der Waals surface area contributed by atoms with Gasteiger partial charge in [-0.2, -0.15) is 8.42 Å². The predicted octanol–water partition coefficient (Wildman–Crippen LogP) is 2.63. The SMILES string of the molecule is CC(C)(C)CC[C@H](NCc1ccc2c(c1)COCC2)C(=O)O.CS(=O)(=O)O. The molecule has 0 amide bonds. The Labute approximate surface area is 161 Å². The van der Waals surface area contributed by atoms with Gasteiger partial charge in [-0.15, -0.1) is 0 Å². The summed E-state index contributed by atoms with van der Waals surface area (Å²) in [5.74, 6) is -0.773. The van der Waals surface area contributed by atoms with Gasteiger partial charge in [0, 0.05) is 6.54 Å². The van der Waals surface area contributed by atoms with Crippen molar-refractivity contribution in [2.24, 2.45) is 5.41 Å². The van der Waals surface area contributed by atoms with Crippen LogP contribution < -0.4 is 5.32 Å². The molecule has 2 rings (SSSR count).